The molecule has 0 saturated carbocycles. The summed E-state index contributed by atoms with van der Waals surface area (Å²) < 4.78 is 0. The Morgan fingerprint density at radius 2 is 2.20 bits per heavy atom. The minimum Gasteiger partial charge on any atom is -0.481 e. The summed E-state index contributed by atoms with van der Waals surface area (Å²) in [5.74, 6) is 0.246. The third kappa shape index (κ3) is 4.15. The van der Waals surface area contributed by atoms with Crippen LogP contribution < -0.4 is 5.32 Å². The lowest BCUT2D eigenvalue weighted by atomic mass is 9.84. The van der Waals surface area contributed by atoms with Crippen molar-refractivity contribution >= 4 is 35.2 Å². The van der Waals surface area contributed by atoms with Gasteiger partial charge in [0.25, 0.3) is 0 Å². The van der Waals surface area contributed by atoms with Gasteiger partial charge in [0.15, 0.2) is 0 Å². The molecule has 1 unspecified atom stereocenters. The van der Waals surface area contributed by atoms with Gasteiger partial charge in [-0.15, -0.1) is 0 Å². The third-order valence-electron chi connectivity index (χ3n) is 4.81. The van der Waals surface area contributed by atoms with Crippen molar-refractivity contribution < 1.29 is 19.5 Å². The summed E-state index contributed by atoms with van der Waals surface area (Å²) >= 11 is 1.58. The number of carboxylic acid groups (broad SMARTS) is 1. The highest BCUT2D eigenvalue weighted by atomic mass is 32.2. The number of anilines is 1. The number of thioether (sulfide) groups is 1. The molecule has 2 aliphatic heterocycles. The van der Waals surface area contributed by atoms with E-state index in [2.05, 4.69) is 5.32 Å². The van der Waals surface area contributed by atoms with Crippen molar-refractivity contribution in [2.24, 2.45) is 5.41 Å². The van der Waals surface area contributed by atoms with Crippen LogP contribution in [0, 0.1) is 5.41 Å². The topological polar surface area (TPSA) is 86.7 Å². The molecular weight excluding hydrogens is 340 g/mol. The monoisotopic (exact) mass is 362 g/mol. The second-order valence-electron chi connectivity index (χ2n) is 6.73. The summed E-state index contributed by atoms with van der Waals surface area (Å²) in [4.78, 5) is 37.4. The Kier molecular flexibility index (Phi) is 5.32. The largest absolute Gasteiger partial charge is 0.481 e. The van der Waals surface area contributed by atoms with E-state index in [4.69, 9.17) is 0 Å². The molecule has 0 radical (unpaired) electrons. The molecule has 2 N–H and O–H groups in total. The number of benzene rings is 1. The fourth-order valence-corrected chi connectivity index (χ4v) is 4.78. The van der Waals surface area contributed by atoms with E-state index in [1.165, 1.54) is 0 Å². The predicted octanol–water partition coefficient (Wildman–Crippen LogP) is 2.35. The fraction of sp³-hybridized carbons (Fsp3) is 0.500. The SMILES string of the molecule is O=C(CC1(C(=O)O)CCSC1)Nc1cccc(CN2CCCC2=O)c1. The predicted molar refractivity (Wildman–Crippen MR) is 96.4 cm³/mol. The Morgan fingerprint density at radius 3 is 2.84 bits per heavy atom. The van der Waals surface area contributed by atoms with E-state index in [1.807, 2.05) is 23.1 Å². The zero-order valence-electron chi connectivity index (χ0n) is 14.0. The molecule has 2 aliphatic rings. The molecule has 0 bridgehead atoms. The lowest BCUT2D eigenvalue weighted by Crippen LogP contribution is -2.35. The summed E-state index contributed by atoms with van der Waals surface area (Å²) in [6.07, 6.45) is 2.01. The first kappa shape index (κ1) is 17.8. The zero-order valence-corrected chi connectivity index (χ0v) is 14.8. The number of nitrogens with zero attached hydrogens (tertiary/aromatic N) is 1. The van der Waals surface area contributed by atoms with Gasteiger partial charge in [-0.05, 0) is 36.3 Å². The molecule has 6 nitrogen and oxygen atoms in total. The first-order valence-corrected chi connectivity index (χ1v) is 9.62. The van der Waals surface area contributed by atoms with Crippen LogP contribution in [0.5, 0.6) is 0 Å². The first-order valence-electron chi connectivity index (χ1n) is 8.46. The Morgan fingerprint density at radius 1 is 1.36 bits per heavy atom. The van der Waals surface area contributed by atoms with Crippen LogP contribution in [-0.2, 0) is 20.9 Å². The smallest absolute Gasteiger partial charge is 0.311 e. The van der Waals surface area contributed by atoms with Crippen LogP contribution in [0.25, 0.3) is 0 Å². The minimum absolute atomic E-state index is 0.00975. The van der Waals surface area contributed by atoms with Crippen LogP contribution in [0.2, 0.25) is 0 Å². The van der Waals surface area contributed by atoms with Gasteiger partial charge in [-0.3, -0.25) is 14.4 Å². The maximum absolute atomic E-state index is 12.3. The molecule has 2 fully saturated rings. The Balaban J connectivity index is 1.62. The third-order valence-corrected chi connectivity index (χ3v) is 6.06. The van der Waals surface area contributed by atoms with E-state index >= 15 is 0 Å². The van der Waals surface area contributed by atoms with Crippen molar-refractivity contribution in [1.82, 2.24) is 4.90 Å². The van der Waals surface area contributed by atoms with Crippen LogP contribution in [0.1, 0.15) is 31.2 Å². The van der Waals surface area contributed by atoms with Crippen LogP contribution in [0.15, 0.2) is 24.3 Å². The van der Waals surface area contributed by atoms with E-state index in [1.54, 1.807) is 17.8 Å². The number of likely N-dealkylation sites (tertiary alicyclic amines) is 1. The Labute approximate surface area is 151 Å². The van der Waals surface area contributed by atoms with E-state index in [0.717, 1.165) is 24.3 Å². The molecule has 2 amide bonds. The Bertz CT molecular complexity index is 685. The van der Waals surface area contributed by atoms with Crippen LogP contribution in [-0.4, -0.2) is 45.8 Å². The lowest BCUT2D eigenvalue weighted by Gasteiger charge is -2.22. The van der Waals surface area contributed by atoms with Crippen molar-refractivity contribution in [3.63, 3.8) is 0 Å². The van der Waals surface area contributed by atoms with Gasteiger partial charge in [0.05, 0.1) is 5.41 Å². The molecule has 2 heterocycles. The second kappa shape index (κ2) is 7.47. The lowest BCUT2D eigenvalue weighted by molar-refractivity contribution is -0.149. The summed E-state index contributed by atoms with van der Waals surface area (Å²) in [7, 11) is 0. The van der Waals surface area contributed by atoms with E-state index < -0.39 is 11.4 Å². The molecule has 1 aromatic rings. The maximum atomic E-state index is 12.3. The summed E-state index contributed by atoms with van der Waals surface area (Å²) in [5, 5.41) is 12.3. The van der Waals surface area contributed by atoms with Gasteiger partial charge < -0.3 is 15.3 Å². The number of carbonyl (C=O) groups is 3. The highest BCUT2D eigenvalue weighted by Crippen LogP contribution is 2.39. The fourth-order valence-electron chi connectivity index (χ4n) is 3.34. The molecule has 7 heteroatoms. The highest BCUT2D eigenvalue weighted by Gasteiger charge is 2.43. The van der Waals surface area contributed by atoms with Crippen molar-refractivity contribution in [1.29, 1.82) is 0 Å². The van der Waals surface area contributed by atoms with Crippen molar-refractivity contribution in [2.45, 2.75) is 32.2 Å². The first-order chi connectivity index (χ1) is 12.0. The quantitative estimate of drug-likeness (QED) is 0.811. The summed E-state index contributed by atoms with van der Waals surface area (Å²) in [5.41, 5.74) is 0.645. The van der Waals surface area contributed by atoms with E-state index in [-0.39, 0.29) is 18.2 Å². The van der Waals surface area contributed by atoms with Gasteiger partial charge in [-0.25, -0.2) is 0 Å². The normalized spacial score (nSPS) is 23.0. The van der Waals surface area contributed by atoms with Gasteiger partial charge in [0, 0.05) is 37.4 Å². The molecular formula is C18H22N2O4S. The Hall–Kier alpha value is -2.02. The molecule has 3 rings (SSSR count). The van der Waals surface area contributed by atoms with Crippen molar-refractivity contribution in [3.05, 3.63) is 29.8 Å². The standard InChI is InChI=1S/C18H22N2O4S/c21-15(10-18(17(23)24)6-8-25-12-18)19-14-4-1-3-13(9-14)11-20-7-2-5-16(20)22/h1,3-4,9H,2,5-8,10-12H2,(H,19,21)(H,23,24). The number of carboxylic acids is 1. The van der Waals surface area contributed by atoms with Gasteiger partial charge in [-0.1, -0.05) is 12.1 Å². The zero-order chi connectivity index (χ0) is 17.9. The molecule has 0 aliphatic carbocycles. The molecule has 1 aromatic carbocycles. The highest BCUT2D eigenvalue weighted by molar-refractivity contribution is 7.99. The summed E-state index contributed by atoms with van der Waals surface area (Å²) in [6, 6.07) is 7.39. The van der Waals surface area contributed by atoms with Gasteiger partial charge >= 0.3 is 5.97 Å². The van der Waals surface area contributed by atoms with Crippen molar-refractivity contribution in [2.75, 3.05) is 23.4 Å². The average Bonchev–Trinajstić information content (AvgIpc) is 3.18. The molecule has 134 valence electrons. The molecule has 1 atom stereocenters. The van der Waals surface area contributed by atoms with Crippen molar-refractivity contribution in [3.8, 4) is 0 Å². The van der Waals surface area contributed by atoms with E-state index in [0.29, 0.717) is 30.8 Å². The number of nitrogens with one attached hydrogen (secondary N) is 1. The number of hydrogen-bond acceptors (Lipinski definition) is 4. The average molecular weight is 362 g/mol. The maximum Gasteiger partial charge on any atom is 0.311 e. The minimum atomic E-state index is -0.950. The van der Waals surface area contributed by atoms with Crippen LogP contribution in [0.3, 0.4) is 0 Å². The van der Waals surface area contributed by atoms with Gasteiger partial charge in [0.2, 0.25) is 11.8 Å². The number of amides is 2. The molecule has 25 heavy (non-hydrogen) atoms. The van der Waals surface area contributed by atoms with Crippen LogP contribution >= 0.6 is 11.8 Å². The molecule has 0 aromatic heterocycles. The van der Waals surface area contributed by atoms with Crippen LogP contribution in [0.4, 0.5) is 5.69 Å². The van der Waals surface area contributed by atoms with Gasteiger partial charge in [0.1, 0.15) is 0 Å². The van der Waals surface area contributed by atoms with Gasteiger partial charge in [-0.2, -0.15) is 11.8 Å². The number of hydrogen-bond donors (Lipinski definition) is 2. The second-order valence-corrected chi connectivity index (χ2v) is 7.84. The molecule has 2 saturated heterocycles. The van der Waals surface area contributed by atoms with E-state index in [9.17, 15) is 19.5 Å². The number of rotatable bonds is 6. The molecule has 0 spiro atoms. The summed E-state index contributed by atoms with van der Waals surface area (Å²) in [6.45, 7) is 1.31. The number of aliphatic carboxylic acids is 1. The number of carbonyl (C=O) groups excluding carboxylic acids is 2.